The largest absolute Gasteiger partial charge is 0.443 e. The fourth-order valence-corrected chi connectivity index (χ4v) is 1.78. The Kier molecular flexibility index (Phi) is 3.18. The van der Waals surface area contributed by atoms with Gasteiger partial charge in [0.1, 0.15) is 5.60 Å². The number of rotatable bonds is 1. The van der Waals surface area contributed by atoms with Gasteiger partial charge in [0.2, 0.25) is 0 Å². The molecule has 19 heavy (non-hydrogen) atoms. The van der Waals surface area contributed by atoms with Crippen molar-refractivity contribution in [3.05, 3.63) is 36.2 Å². The third-order valence-corrected chi connectivity index (χ3v) is 2.65. The van der Waals surface area contributed by atoms with Crippen molar-refractivity contribution in [2.24, 2.45) is 0 Å². The molecular weight excluding hydrogens is 242 g/mol. The van der Waals surface area contributed by atoms with E-state index in [0.29, 0.717) is 5.56 Å². The summed E-state index contributed by atoms with van der Waals surface area (Å²) >= 11 is 0. The molecule has 0 saturated carbocycles. The Labute approximate surface area is 112 Å². The first-order valence-electron chi connectivity index (χ1n) is 6.12. The minimum atomic E-state index is -0.530. The van der Waals surface area contributed by atoms with Gasteiger partial charge in [0.05, 0.1) is 0 Å². The highest BCUT2D eigenvalue weighted by Gasteiger charge is 2.18. The highest BCUT2D eigenvalue weighted by Crippen LogP contribution is 2.19. The van der Waals surface area contributed by atoms with Crippen molar-refractivity contribution < 1.29 is 14.3 Å². The molecule has 0 bridgehead atoms. The lowest BCUT2D eigenvalue weighted by molar-refractivity contribution is 0.0537. The van der Waals surface area contributed by atoms with Gasteiger partial charge in [-0.05, 0) is 33.8 Å². The Bertz CT molecular complexity index is 647. The van der Waals surface area contributed by atoms with E-state index in [0.717, 1.165) is 10.8 Å². The number of hydrogen-bond donors (Lipinski definition) is 0. The minimum absolute atomic E-state index is 0.00641. The topological polar surface area (TPSA) is 48.3 Å². The van der Waals surface area contributed by atoms with Crippen LogP contribution in [0.2, 0.25) is 0 Å². The zero-order chi connectivity index (χ0) is 14.2. The van der Waals surface area contributed by atoms with Gasteiger partial charge in [-0.1, -0.05) is 12.1 Å². The zero-order valence-electron chi connectivity index (χ0n) is 11.6. The number of fused-ring (bicyclic) bond motifs is 1. The molecule has 0 N–H and O–H groups in total. The number of benzene rings is 1. The van der Waals surface area contributed by atoms with Crippen LogP contribution in [0.3, 0.4) is 0 Å². The Hall–Kier alpha value is -2.10. The molecule has 0 aliphatic carbocycles. The highest BCUT2D eigenvalue weighted by molar-refractivity contribution is 5.99. The SMILES string of the molecule is CC(=O)c1ccc2cn(C(=O)OC(C)(C)C)cc2c1. The molecule has 0 radical (unpaired) electrons. The zero-order valence-corrected chi connectivity index (χ0v) is 11.6. The molecule has 0 aliphatic heterocycles. The summed E-state index contributed by atoms with van der Waals surface area (Å²) < 4.78 is 6.69. The quantitative estimate of drug-likeness (QED) is 0.735. The second kappa shape index (κ2) is 4.53. The number of carbonyl (C=O) groups is 2. The van der Waals surface area contributed by atoms with Gasteiger partial charge in [-0.25, -0.2) is 4.79 Å². The highest BCUT2D eigenvalue weighted by atomic mass is 16.6. The lowest BCUT2D eigenvalue weighted by Gasteiger charge is -2.19. The van der Waals surface area contributed by atoms with Crippen LogP contribution in [0.15, 0.2) is 30.6 Å². The van der Waals surface area contributed by atoms with Crippen LogP contribution >= 0.6 is 0 Å². The molecule has 0 unspecified atom stereocenters. The molecule has 0 spiro atoms. The summed E-state index contributed by atoms with van der Waals surface area (Å²) in [6.45, 7) is 6.98. The number of ketones is 1. The van der Waals surface area contributed by atoms with Crippen molar-refractivity contribution in [3.8, 4) is 0 Å². The summed E-state index contributed by atoms with van der Waals surface area (Å²) in [5.74, 6) is 0.00641. The molecule has 1 aromatic carbocycles. The molecule has 0 atom stereocenters. The lowest BCUT2D eigenvalue weighted by atomic mass is 10.1. The molecule has 0 saturated heterocycles. The van der Waals surface area contributed by atoms with Crippen molar-refractivity contribution in [2.75, 3.05) is 0 Å². The van der Waals surface area contributed by atoms with Gasteiger partial charge in [0.15, 0.2) is 5.78 Å². The van der Waals surface area contributed by atoms with E-state index < -0.39 is 11.7 Å². The van der Waals surface area contributed by atoms with Crippen LogP contribution in [0.5, 0.6) is 0 Å². The van der Waals surface area contributed by atoms with Gasteiger partial charge in [-0.2, -0.15) is 0 Å². The van der Waals surface area contributed by atoms with Crippen LogP contribution in [0.1, 0.15) is 38.1 Å². The molecular formula is C15H17NO3. The number of hydrogen-bond acceptors (Lipinski definition) is 3. The Morgan fingerprint density at radius 3 is 2.32 bits per heavy atom. The minimum Gasteiger partial charge on any atom is -0.443 e. The number of aromatic nitrogens is 1. The van der Waals surface area contributed by atoms with Crippen LogP contribution in [-0.4, -0.2) is 22.0 Å². The van der Waals surface area contributed by atoms with Crippen molar-refractivity contribution >= 4 is 22.6 Å². The maximum atomic E-state index is 11.9. The normalized spacial score (nSPS) is 11.6. The van der Waals surface area contributed by atoms with E-state index in [9.17, 15) is 9.59 Å². The van der Waals surface area contributed by atoms with Crippen molar-refractivity contribution in [2.45, 2.75) is 33.3 Å². The van der Waals surface area contributed by atoms with E-state index in [1.807, 2.05) is 26.8 Å². The molecule has 1 aromatic heterocycles. The first-order chi connectivity index (χ1) is 8.76. The van der Waals surface area contributed by atoms with Crippen LogP contribution in [0, 0.1) is 0 Å². The molecule has 4 heteroatoms. The molecule has 0 aliphatic rings. The van der Waals surface area contributed by atoms with E-state index in [1.165, 1.54) is 11.5 Å². The molecule has 0 amide bonds. The maximum Gasteiger partial charge on any atom is 0.418 e. The maximum absolute atomic E-state index is 11.9. The van der Waals surface area contributed by atoms with E-state index >= 15 is 0 Å². The smallest absolute Gasteiger partial charge is 0.418 e. The predicted molar refractivity (Wildman–Crippen MR) is 73.6 cm³/mol. The first kappa shape index (κ1) is 13.3. The standard InChI is InChI=1S/C15H17NO3/c1-10(17)11-5-6-12-8-16(9-13(12)7-11)14(18)19-15(2,3)4/h5-9H,1-4H3. The fourth-order valence-electron chi connectivity index (χ4n) is 1.78. The van der Waals surface area contributed by atoms with Crippen LogP contribution in [-0.2, 0) is 4.74 Å². The van der Waals surface area contributed by atoms with E-state index in [1.54, 1.807) is 24.5 Å². The second-order valence-corrected chi connectivity index (χ2v) is 5.55. The lowest BCUT2D eigenvalue weighted by Crippen LogP contribution is -2.26. The molecule has 100 valence electrons. The van der Waals surface area contributed by atoms with E-state index in [2.05, 4.69) is 0 Å². The summed E-state index contributed by atoms with van der Waals surface area (Å²) in [6.07, 6.45) is 2.96. The Morgan fingerprint density at radius 1 is 1.11 bits per heavy atom. The average Bonchev–Trinajstić information content (AvgIpc) is 2.68. The molecule has 1 heterocycles. The summed E-state index contributed by atoms with van der Waals surface area (Å²) in [4.78, 5) is 23.2. The van der Waals surface area contributed by atoms with Gasteiger partial charge >= 0.3 is 6.09 Å². The number of Topliss-reactive ketones (excluding diaryl/α,β-unsaturated/α-hetero) is 1. The van der Waals surface area contributed by atoms with Gasteiger partial charge in [0, 0.05) is 28.7 Å². The third-order valence-electron chi connectivity index (χ3n) is 2.65. The molecule has 2 rings (SSSR count). The van der Waals surface area contributed by atoms with Gasteiger partial charge < -0.3 is 4.74 Å². The van der Waals surface area contributed by atoms with Crippen molar-refractivity contribution in [3.63, 3.8) is 0 Å². The average molecular weight is 259 g/mol. The summed E-state index contributed by atoms with van der Waals surface area (Å²) in [5, 5.41) is 1.74. The Morgan fingerprint density at radius 2 is 1.74 bits per heavy atom. The number of carbonyl (C=O) groups excluding carboxylic acids is 2. The van der Waals surface area contributed by atoms with Gasteiger partial charge in [-0.3, -0.25) is 9.36 Å². The van der Waals surface area contributed by atoms with E-state index in [-0.39, 0.29) is 5.78 Å². The third kappa shape index (κ3) is 3.02. The summed E-state index contributed by atoms with van der Waals surface area (Å²) in [7, 11) is 0. The monoisotopic (exact) mass is 259 g/mol. The fraction of sp³-hybridized carbons (Fsp3) is 0.333. The van der Waals surface area contributed by atoms with E-state index in [4.69, 9.17) is 4.74 Å². The number of nitrogens with zero attached hydrogens (tertiary/aromatic N) is 1. The second-order valence-electron chi connectivity index (χ2n) is 5.55. The van der Waals surface area contributed by atoms with Crippen molar-refractivity contribution in [1.29, 1.82) is 0 Å². The Balaban J connectivity index is 2.36. The van der Waals surface area contributed by atoms with Gasteiger partial charge in [0.25, 0.3) is 0 Å². The predicted octanol–water partition coefficient (Wildman–Crippen LogP) is 3.63. The van der Waals surface area contributed by atoms with Crippen LogP contribution in [0.4, 0.5) is 4.79 Å². The molecule has 2 aromatic rings. The van der Waals surface area contributed by atoms with Gasteiger partial charge in [-0.15, -0.1) is 0 Å². The van der Waals surface area contributed by atoms with Crippen LogP contribution in [0.25, 0.3) is 10.8 Å². The molecule has 4 nitrogen and oxygen atoms in total. The van der Waals surface area contributed by atoms with Crippen LogP contribution < -0.4 is 0 Å². The van der Waals surface area contributed by atoms with Crippen molar-refractivity contribution in [1.82, 2.24) is 4.57 Å². The molecule has 0 fully saturated rings. The number of ether oxygens (including phenoxy) is 1. The first-order valence-corrected chi connectivity index (χ1v) is 6.12. The summed E-state index contributed by atoms with van der Waals surface area (Å²) in [6, 6.07) is 5.36. The summed E-state index contributed by atoms with van der Waals surface area (Å²) in [5.41, 5.74) is 0.104.